The van der Waals surface area contributed by atoms with E-state index < -0.39 is 0 Å². The lowest BCUT2D eigenvalue weighted by molar-refractivity contribution is 0.0950. The van der Waals surface area contributed by atoms with Gasteiger partial charge in [-0.25, -0.2) is 4.39 Å². The minimum Gasteiger partial charge on any atom is -0.348 e. The highest BCUT2D eigenvalue weighted by Crippen LogP contribution is 2.19. The second-order valence-corrected chi connectivity index (χ2v) is 5.04. The maximum atomic E-state index is 13.4. The number of hydrogen-bond acceptors (Lipinski definition) is 1. The monoisotopic (exact) mass is 321 g/mol. The summed E-state index contributed by atoms with van der Waals surface area (Å²) in [4.78, 5) is 12.0. The molecule has 98 valence electrons. The summed E-state index contributed by atoms with van der Waals surface area (Å²) in [6.07, 6.45) is 0. The minimum atomic E-state index is -0.311. The van der Waals surface area contributed by atoms with Crippen molar-refractivity contribution in [2.24, 2.45) is 0 Å². The van der Waals surface area contributed by atoms with Crippen LogP contribution >= 0.6 is 15.9 Å². The Morgan fingerprint density at radius 3 is 2.68 bits per heavy atom. The van der Waals surface area contributed by atoms with Gasteiger partial charge in [-0.3, -0.25) is 4.79 Å². The van der Waals surface area contributed by atoms with Crippen LogP contribution in [0.3, 0.4) is 0 Å². The molecule has 0 heterocycles. The van der Waals surface area contributed by atoms with Gasteiger partial charge in [-0.05, 0) is 30.7 Å². The van der Waals surface area contributed by atoms with Gasteiger partial charge in [0.15, 0.2) is 0 Å². The maximum absolute atomic E-state index is 13.4. The molecule has 2 rings (SSSR count). The van der Waals surface area contributed by atoms with E-state index in [4.69, 9.17) is 0 Å². The normalized spacial score (nSPS) is 10.3. The van der Waals surface area contributed by atoms with Crippen molar-refractivity contribution in [3.05, 3.63) is 69.4 Å². The molecular weight excluding hydrogens is 309 g/mol. The largest absolute Gasteiger partial charge is 0.348 e. The van der Waals surface area contributed by atoms with Gasteiger partial charge in [-0.15, -0.1) is 0 Å². The molecule has 2 aromatic carbocycles. The van der Waals surface area contributed by atoms with E-state index in [1.807, 2.05) is 13.0 Å². The molecule has 1 amide bonds. The van der Waals surface area contributed by atoms with Crippen LogP contribution in [0.15, 0.2) is 46.9 Å². The molecule has 2 nitrogen and oxygen atoms in total. The molecule has 0 radical (unpaired) electrons. The van der Waals surface area contributed by atoms with Gasteiger partial charge < -0.3 is 5.32 Å². The predicted molar refractivity (Wildman–Crippen MR) is 76.4 cm³/mol. The summed E-state index contributed by atoms with van der Waals surface area (Å²) >= 11 is 3.38. The number of amides is 1. The molecule has 0 saturated heterocycles. The highest BCUT2D eigenvalue weighted by atomic mass is 79.9. The van der Waals surface area contributed by atoms with E-state index in [0.29, 0.717) is 11.1 Å². The molecule has 0 aliphatic heterocycles. The number of hydrogen-bond donors (Lipinski definition) is 1. The Bertz CT molecular complexity index is 613. The first-order valence-corrected chi connectivity index (χ1v) is 6.65. The highest BCUT2D eigenvalue weighted by Gasteiger charge is 2.11. The lowest BCUT2D eigenvalue weighted by Gasteiger charge is -2.09. The smallest absolute Gasteiger partial charge is 0.251 e. The molecule has 0 bridgehead atoms. The molecular formula is C15H13BrFNO. The number of halogens is 2. The Morgan fingerprint density at radius 2 is 1.95 bits per heavy atom. The fourth-order valence-electron chi connectivity index (χ4n) is 1.77. The molecule has 1 N–H and O–H groups in total. The SMILES string of the molecule is Cc1c(Br)cccc1C(=O)NCc1ccccc1F. The zero-order valence-corrected chi connectivity index (χ0v) is 12.0. The third-order valence-corrected chi connectivity index (χ3v) is 3.77. The molecule has 0 aliphatic rings. The summed E-state index contributed by atoms with van der Waals surface area (Å²) in [5.74, 6) is -0.518. The summed E-state index contributed by atoms with van der Waals surface area (Å²) in [7, 11) is 0. The van der Waals surface area contributed by atoms with Crippen molar-refractivity contribution in [1.29, 1.82) is 0 Å². The molecule has 0 aromatic heterocycles. The van der Waals surface area contributed by atoms with Crippen molar-refractivity contribution in [2.75, 3.05) is 0 Å². The van der Waals surface area contributed by atoms with Crippen LogP contribution in [0.2, 0.25) is 0 Å². The third-order valence-electron chi connectivity index (χ3n) is 2.91. The summed E-state index contributed by atoms with van der Waals surface area (Å²) in [6, 6.07) is 11.8. The van der Waals surface area contributed by atoms with Crippen LogP contribution in [-0.2, 0) is 6.54 Å². The van der Waals surface area contributed by atoms with Gasteiger partial charge in [0.2, 0.25) is 0 Å². The molecule has 0 atom stereocenters. The van der Waals surface area contributed by atoms with Gasteiger partial charge in [-0.2, -0.15) is 0 Å². The van der Waals surface area contributed by atoms with E-state index in [-0.39, 0.29) is 18.3 Å². The van der Waals surface area contributed by atoms with E-state index in [1.54, 1.807) is 30.3 Å². The number of nitrogens with one attached hydrogen (secondary N) is 1. The minimum absolute atomic E-state index is 0.178. The lowest BCUT2D eigenvalue weighted by Crippen LogP contribution is -2.24. The van der Waals surface area contributed by atoms with Crippen LogP contribution in [0.1, 0.15) is 21.5 Å². The van der Waals surface area contributed by atoms with E-state index >= 15 is 0 Å². The van der Waals surface area contributed by atoms with Crippen molar-refractivity contribution >= 4 is 21.8 Å². The van der Waals surface area contributed by atoms with Gasteiger partial charge in [0, 0.05) is 22.1 Å². The van der Waals surface area contributed by atoms with Gasteiger partial charge >= 0.3 is 0 Å². The van der Waals surface area contributed by atoms with E-state index in [2.05, 4.69) is 21.2 Å². The Morgan fingerprint density at radius 1 is 1.21 bits per heavy atom. The predicted octanol–water partition coefficient (Wildman–Crippen LogP) is 3.83. The second kappa shape index (κ2) is 5.97. The topological polar surface area (TPSA) is 29.1 Å². The van der Waals surface area contributed by atoms with Crippen molar-refractivity contribution in [3.8, 4) is 0 Å². The number of rotatable bonds is 3. The molecule has 0 unspecified atom stereocenters. The summed E-state index contributed by atoms with van der Waals surface area (Å²) in [5, 5.41) is 2.72. The molecule has 19 heavy (non-hydrogen) atoms. The van der Waals surface area contributed by atoms with E-state index in [9.17, 15) is 9.18 Å². The molecule has 0 saturated carbocycles. The molecule has 2 aromatic rings. The van der Waals surface area contributed by atoms with Crippen LogP contribution in [0, 0.1) is 12.7 Å². The second-order valence-electron chi connectivity index (χ2n) is 4.19. The van der Waals surface area contributed by atoms with Crippen LogP contribution in [0.25, 0.3) is 0 Å². The Kier molecular flexibility index (Phi) is 4.32. The van der Waals surface area contributed by atoms with Crippen molar-refractivity contribution in [2.45, 2.75) is 13.5 Å². The van der Waals surface area contributed by atoms with Crippen LogP contribution < -0.4 is 5.32 Å². The Balaban J connectivity index is 2.10. The summed E-state index contributed by atoms with van der Waals surface area (Å²) in [5.41, 5.74) is 1.93. The van der Waals surface area contributed by atoms with E-state index in [1.165, 1.54) is 6.07 Å². The fraction of sp³-hybridized carbons (Fsp3) is 0.133. The number of benzene rings is 2. The zero-order valence-electron chi connectivity index (χ0n) is 10.4. The molecule has 0 aliphatic carbocycles. The first-order valence-electron chi connectivity index (χ1n) is 5.86. The van der Waals surface area contributed by atoms with Crippen molar-refractivity contribution < 1.29 is 9.18 Å². The van der Waals surface area contributed by atoms with Gasteiger partial charge in [0.05, 0.1) is 0 Å². The van der Waals surface area contributed by atoms with Gasteiger partial charge in [0.25, 0.3) is 5.91 Å². The number of carbonyl (C=O) groups excluding carboxylic acids is 1. The average molecular weight is 322 g/mol. The Labute approximate surface area is 119 Å². The standard InChI is InChI=1S/C15H13BrFNO/c1-10-12(6-4-7-13(10)16)15(19)18-9-11-5-2-3-8-14(11)17/h2-8H,9H2,1H3,(H,18,19). The molecule has 0 fully saturated rings. The summed E-state index contributed by atoms with van der Waals surface area (Å²) < 4.78 is 14.3. The fourth-order valence-corrected chi connectivity index (χ4v) is 2.13. The van der Waals surface area contributed by atoms with Crippen molar-refractivity contribution in [3.63, 3.8) is 0 Å². The first kappa shape index (κ1) is 13.7. The summed E-state index contributed by atoms with van der Waals surface area (Å²) in [6.45, 7) is 2.04. The van der Waals surface area contributed by atoms with Gasteiger partial charge in [-0.1, -0.05) is 40.2 Å². The first-order chi connectivity index (χ1) is 9.09. The van der Waals surface area contributed by atoms with E-state index in [0.717, 1.165) is 10.0 Å². The quantitative estimate of drug-likeness (QED) is 0.914. The highest BCUT2D eigenvalue weighted by molar-refractivity contribution is 9.10. The third kappa shape index (κ3) is 3.20. The van der Waals surface area contributed by atoms with Crippen molar-refractivity contribution in [1.82, 2.24) is 5.32 Å². The number of carbonyl (C=O) groups is 1. The molecule has 0 spiro atoms. The Hall–Kier alpha value is -1.68. The maximum Gasteiger partial charge on any atom is 0.251 e. The van der Waals surface area contributed by atoms with Crippen LogP contribution in [-0.4, -0.2) is 5.91 Å². The van der Waals surface area contributed by atoms with Crippen LogP contribution in [0.4, 0.5) is 4.39 Å². The van der Waals surface area contributed by atoms with Gasteiger partial charge in [0.1, 0.15) is 5.82 Å². The zero-order chi connectivity index (χ0) is 13.8. The lowest BCUT2D eigenvalue weighted by atomic mass is 10.1. The average Bonchev–Trinajstić information content (AvgIpc) is 2.40. The van der Waals surface area contributed by atoms with Crippen LogP contribution in [0.5, 0.6) is 0 Å². The molecule has 4 heteroatoms.